The van der Waals surface area contributed by atoms with Gasteiger partial charge >= 0.3 is 5.97 Å². The van der Waals surface area contributed by atoms with Crippen LogP contribution >= 0.6 is 0 Å². The van der Waals surface area contributed by atoms with E-state index in [9.17, 15) is 30.3 Å². The number of dihydropyridines is 1. The molecule has 1 aliphatic carbocycles. The monoisotopic (exact) mass is 765 g/mol. The first-order valence-electron chi connectivity index (χ1n) is 19.6. The van der Waals surface area contributed by atoms with Gasteiger partial charge in [0.25, 0.3) is 0 Å². The lowest BCUT2D eigenvalue weighted by atomic mass is 9.50. The number of rotatable bonds is 15. The predicted molar refractivity (Wildman–Crippen MR) is 206 cm³/mol. The van der Waals surface area contributed by atoms with Crippen LogP contribution in [0.3, 0.4) is 0 Å². The lowest BCUT2D eigenvalue weighted by molar-refractivity contribution is -0.148. The van der Waals surface area contributed by atoms with E-state index in [1.807, 2.05) is 12.1 Å². The molecule has 7 unspecified atom stereocenters. The van der Waals surface area contributed by atoms with Crippen molar-refractivity contribution in [3.05, 3.63) is 65.0 Å². The molecule has 2 saturated heterocycles. The molecule has 0 bridgehead atoms. The average molecular weight is 766 g/mol. The molecule has 2 aromatic rings. The number of ether oxygens (including phenoxy) is 4. The number of phenols is 2. The minimum Gasteiger partial charge on any atom is -0.504 e. The second-order valence-electron chi connectivity index (χ2n) is 16.1. The van der Waals surface area contributed by atoms with E-state index >= 15 is 0 Å². The fourth-order valence-electron chi connectivity index (χ4n) is 10.2. The summed E-state index contributed by atoms with van der Waals surface area (Å²) in [5.74, 6) is -0.186. The minimum atomic E-state index is -0.868. The Hall–Kier alpha value is -4.17. The zero-order valence-electron chi connectivity index (χ0n) is 32.3. The molecule has 0 aromatic heterocycles. The molecule has 1 saturated carbocycles. The number of phenolic OH excluding ortho intramolecular Hbond substituents is 2. The van der Waals surface area contributed by atoms with Gasteiger partial charge < -0.3 is 60.8 Å². The number of aliphatic hydroxyl groups excluding tert-OH is 2. The molecule has 2 aromatic carbocycles. The zero-order chi connectivity index (χ0) is 39.3. The molecule has 1 spiro atoms. The molecule has 0 amide bonds. The Kier molecular flexibility index (Phi) is 12.7. The third kappa shape index (κ3) is 8.65. The van der Waals surface area contributed by atoms with Crippen LogP contribution in [0.5, 0.6) is 28.7 Å². The maximum Gasteiger partial charge on any atom is 0.304 e. The number of nitrogens with one attached hydrogen (secondary N) is 2. The Morgan fingerprint density at radius 1 is 1.05 bits per heavy atom. The van der Waals surface area contributed by atoms with Gasteiger partial charge in [-0.05, 0) is 111 Å². The molecule has 7 atom stereocenters. The topological polar surface area (TPSA) is 205 Å². The van der Waals surface area contributed by atoms with Crippen molar-refractivity contribution in [2.24, 2.45) is 22.5 Å². The highest BCUT2D eigenvalue weighted by Gasteiger charge is 2.60. The highest BCUT2D eigenvalue weighted by molar-refractivity contribution is 5.68. The molecule has 3 heterocycles. The second kappa shape index (κ2) is 17.3. The number of hydrogen-bond donors (Lipinski definition) is 8. The fourth-order valence-corrected chi connectivity index (χ4v) is 10.2. The first-order valence-corrected chi connectivity index (χ1v) is 19.6. The molecule has 0 radical (unpaired) electrons. The number of aliphatic carboxylic acids is 1. The van der Waals surface area contributed by atoms with Crippen molar-refractivity contribution >= 4 is 5.97 Å². The number of benzene rings is 2. The molecular formula is C42H59N3O10. The fraction of sp³-hybridized carbons (Fsp3) is 0.595. The maximum atomic E-state index is 12.8. The smallest absolute Gasteiger partial charge is 0.304 e. The molecule has 4 aliphatic rings. The number of hydrogen-bond acceptors (Lipinski definition) is 12. The van der Waals surface area contributed by atoms with Crippen LogP contribution in [0.1, 0.15) is 88.4 Å². The normalized spacial score (nSPS) is 28.9. The van der Waals surface area contributed by atoms with Crippen molar-refractivity contribution < 1.29 is 49.3 Å². The van der Waals surface area contributed by atoms with Crippen LogP contribution in [-0.4, -0.2) is 89.8 Å². The lowest BCUT2D eigenvalue weighted by Gasteiger charge is -2.58. The van der Waals surface area contributed by atoms with E-state index in [-0.39, 0.29) is 66.2 Å². The Bertz CT molecular complexity index is 1730. The predicted octanol–water partition coefficient (Wildman–Crippen LogP) is 4.81. The number of aryl methyl sites for hydroxylation is 1. The molecule has 6 rings (SSSR count). The van der Waals surface area contributed by atoms with E-state index in [2.05, 4.69) is 23.6 Å². The van der Waals surface area contributed by atoms with Crippen molar-refractivity contribution in [1.82, 2.24) is 10.6 Å². The largest absolute Gasteiger partial charge is 0.504 e. The van der Waals surface area contributed by atoms with E-state index in [0.29, 0.717) is 55.8 Å². The Labute approximate surface area is 323 Å². The molecule has 302 valence electrons. The SMILES string of the molecule is COc1cc(CCC2CC(O)C(CCO)C(c3cc(OC)c(O)c(OCC4NC(C)CC5(CCCC5)C4(CC(=O)O)CC4=CCNC(N)=C4)c3)O2)ccc1O. The van der Waals surface area contributed by atoms with E-state index in [4.69, 9.17) is 24.7 Å². The second-order valence-corrected chi connectivity index (χ2v) is 16.1. The first kappa shape index (κ1) is 40.5. The standard InChI is InChI=1S/C42H59N3O10/c1-25-21-41(12-4-5-13-41)42(23-38(49)50,22-27-10-14-44-37(43)17-27)36(45-25)24-54-35-19-28(18-34(53-3)39(35)51)40-30(11-15-46)32(48)20-29(55-40)8-6-26-7-9-31(47)33(16-26)52-2/h7,9-10,16-19,25,29-30,32,36,40,44-48,51H,4-6,8,11-15,20-24,43H2,1-3H3,(H,49,50). The van der Waals surface area contributed by atoms with Crippen LogP contribution in [0.25, 0.3) is 0 Å². The Morgan fingerprint density at radius 3 is 2.49 bits per heavy atom. The van der Waals surface area contributed by atoms with Gasteiger partial charge in [-0.25, -0.2) is 0 Å². The lowest BCUT2D eigenvalue weighted by Crippen LogP contribution is -2.65. The van der Waals surface area contributed by atoms with Crippen LogP contribution in [0, 0.1) is 16.7 Å². The van der Waals surface area contributed by atoms with Gasteiger partial charge in [0, 0.05) is 36.6 Å². The van der Waals surface area contributed by atoms with E-state index < -0.39 is 29.5 Å². The third-order valence-corrected chi connectivity index (χ3v) is 12.7. The number of nitrogens with two attached hydrogens (primary N) is 1. The van der Waals surface area contributed by atoms with Crippen molar-refractivity contribution in [3.8, 4) is 28.7 Å². The molecule has 3 aliphatic heterocycles. The van der Waals surface area contributed by atoms with Gasteiger partial charge in [0.2, 0.25) is 5.75 Å². The van der Waals surface area contributed by atoms with Gasteiger partial charge in [-0.3, -0.25) is 4.79 Å². The third-order valence-electron chi connectivity index (χ3n) is 12.7. The van der Waals surface area contributed by atoms with Gasteiger partial charge in [-0.1, -0.05) is 25.0 Å². The summed E-state index contributed by atoms with van der Waals surface area (Å²) in [6.07, 6.45) is 9.32. The van der Waals surface area contributed by atoms with Crippen LogP contribution in [-0.2, 0) is 16.0 Å². The Morgan fingerprint density at radius 2 is 1.80 bits per heavy atom. The molecule has 13 heteroatoms. The number of carboxylic acids is 1. The number of carbonyl (C=O) groups is 1. The van der Waals surface area contributed by atoms with Crippen molar-refractivity contribution in [3.63, 3.8) is 0 Å². The van der Waals surface area contributed by atoms with Gasteiger partial charge in [-0.15, -0.1) is 0 Å². The summed E-state index contributed by atoms with van der Waals surface area (Å²) in [6.45, 7) is 2.64. The number of piperidine rings is 1. The van der Waals surface area contributed by atoms with Gasteiger partial charge in [-0.2, -0.15) is 0 Å². The van der Waals surface area contributed by atoms with Crippen molar-refractivity contribution in [1.29, 1.82) is 0 Å². The van der Waals surface area contributed by atoms with E-state index in [0.717, 1.165) is 43.2 Å². The molecule has 3 fully saturated rings. The van der Waals surface area contributed by atoms with Crippen LogP contribution < -0.4 is 30.6 Å². The summed E-state index contributed by atoms with van der Waals surface area (Å²) in [5.41, 5.74) is 7.82. The van der Waals surface area contributed by atoms with Crippen molar-refractivity contribution in [2.45, 2.75) is 108 Å². The summed E-state index contributed by atoms with van der Waals surface area (Å²) < 4.78 is 24.2. The van der Waals surface area contributed by atoms with E-state index in [1.165, 1.54) is 14.2 Å². The highest BCUT2D eigenvalue weighted by Crippen LogP contribution is 2.62. The maximum absolute atomic E-state index is 12.8. The summed E-state index contributed by atoms with van der Waals surface area (Å²) in [7, 11) is 2.96. The number of aliphatic hydroxyl groups is 2. The van der Waals surface area contributed by atoms with Gasteiger partial charge in [0.05, 0.1) is 44.8 Å². The zero-order valence-corrected chi connectivity index (χ0v) is 32.3. The molecule has 55 heavy (non-hydrogen) atoms. The average Bonchev–Trinajstić information content (AvgIpc) is 3.62. The van der Waals surface area contributed by atoms with Crippen LogP contribution in [0.2, 0.25) is 0 Å². The highest BCUT2D eigenvalue weighted by atomic mass is 16.5. The molecule has 9 N–H and O–H groups in total. The number of methoxy groups -OCH3 is 2. The summed E-state index contributed by atoms with van der Waals surface area (Å²) in [5, 5.41) is 60.3. The molecule has 13 nitrogen and oxygen atoms in total. The van der Waals surface area contributed by atoms with E-state index in [1.54, 1.807) is 24.3 Å². The summed E-state index contributed by atoms with van der Waals surface area (Å²) in [6, 6.07) is 8.32. The Balaban J connectivity index is 1.30. The quantitative estimate of drug-likeness (QED) is 0.123. The number of aromatic hydroxyl groups is 2. The van der Waals surface area contributed by atoms with Crippen molar-refractivity contribution in [2.75, 3.05) is 34.0 Å². The number of allylic oxidation sites excluding steroid dienone is 2. The minimum absolute atomic E-state index is 0.0520. The first-order chi connectivity index (χ1) is 26.4. The van der Waals surface area contributed by atoms with Crippen LogP contribution in [0.15, 0.2) is 53.9 Å². The molecular weight excluding hydrogens is 706 g/mol. The summed E-state index contributed by atoms with van der Waals surface area (Å²) >= 11 is 0. The summed E-state index contributed by atoms with van der Waals surface area (Å²) in [4.78, 5) is 12.8. The van der Waals surface area contributed by atoms with Gasteiger partial charge in [0.1, 0.15) is 6.61 Å². The van der Waals surface area contributed by atoms with Gasteiger partial charge in [0.15, 0.2) is 23.0 Å². The number of carboxylic acid groups (broad SMARTS) is 1. The van der Waals surface area contributed by atoms with Crippen LogP contribution in [0.4, 0.5) is 0 Å².